The molecule has 0 heterocycles. The van der Waals surface area contributed by atoms with Crippen molar-refractivity contribution < 1.29 is 62.9 Å². The number of benzene rings is 5. The monoisotopic (exact) mass is 740 g/mol. The Labute approximate surface area is 287 Å². The molecule has 0 aromatic heterocycles. The van der Waals surface area contributed by atoms with Crippen molar-refractivity contribution >= 4 is 16.3 Å². The van der Waals surface area contributed by atoms with Crippen LogP contribution >= 0.6 is 0 Å². The van der Waals surface area contributed by atoms with Gasteiger partial charge in [0.05, 0.1) is 22.3 Å². The Morgan fingerprint density at radius 2 is 1.10 bits per heavy atom. The lowest BCUT2D eigenvalue weighted by atomic mass is 9.76. The van der Waals surface area contributed by atoms with Crippen molar-refractivity contribution in [2.75, 3.05) is 0 Å². The summed E-state index contributed by atoms with van der Waals surface area (Å²) in [4.78, 5) is 0. The van der Waals surface area contributed by atoms with Gasteiger partial charge in [-0.25, -0.2) is 0 Å². The minimum atomic E-state index is -5.21. The van der Waals surface area contributed by atoms with E-state index in [2.05, 4.69) is 0 Å². The molecule has 0 amide bonds. The second kappa shape index (κ2) is 12.8. The van der Waals surface area contributed by atoms with Gasteiger partial charge in [-0.2, -0.15) is 52.7 Å². The van der Waals surface area contributed by atoms with Crippen LogP contribution in [0.5, 0.6) is 5.75 Å². The minimum absolute atomic E-state index is 0.00690. The molecule has 1 aliphatic carbocycles. The molecule has 1 aliphatic rings. The summed E-state index contributed by atoms with van der Waals surface area (Å²) in [6, 6.07) is 16.2. The van der Waals surface area contributed by atoms with Crippen molar-refractivity contribution in [2.24, 2.45) is 5.92 Å². The zero-order valence-electron chi connectivity index (χ0n) is 26.3. The summed E-state index contributed by atoms with van der Waals surface area (Å²) >= 11 is 0. The van der Waals surface area contributed by atoms with E-state index >= 15 is 0 Å². The smallest absolute Gasteiger partial charge is 0.416 e. The molecule has 1 atom stereocenters. The highest BCUT2D eigenvalue weighted by Crippen LogP contribution is 2.48. The van der Waals surface area contributed by atoms with E-state index in [1.165, 1.54) is 12.1 Å². The first-order valence-corrected chi connectivity index (χ1v) is 15.4. The van der Waals surface area contributed by atoms with Gasteiger partial charge in [-0.05, 0) is 81.8 Å². The van der Waals surface area contributed by atoms with Crippen molar-refractivity contribution in [2.45, 2.75) is 44.0 Å². The molecule has 0 radical (unpaired) electrons. The first-order valence-electron chi connectivity index (χ1n) is 15.4. The molecule has 0 fully saturated rings. The molecule has 2 N–H and O–H groups in total. The number of rotatable bonds is 5. The highest BCUT2D eigenvalue weighted by atomic mass is 19.4. The zero-order chi connectivity index (χ0) is 38.0. The molecule has 2 nitrogen and oxygen atoms in total. The third-order valence-electron chi connectivity index (χ3n) is 9.08. The normalized spacial score (nSPS) is 15.7. The van der Waals surface area contributed by atoms with E-state index in [-0.39, 0.29) is 40.6 Å². The Morgan fingerprint density at radius 1 is 0.558 bits per heavy atom. The van der Waals surface area contributed by atoms with E-state index in [9.17, 15) is 62.9 Å². The Hall–Kier alpha value is -5.14. The van der Waals surface area contributed by atoms with Crippen LogP contribution in [0.15, 0.2) is 96.8 Å². The maximum atomic E-state index is 14.1. The van der Waals surface area contributed by atoms with Crippen molar-refractivity contribution in [1.82, 2.24) is 0 Å². The number of phenols is 1. The summed E-state index contributed by atoms with van der Waals surface area (Å²) < 4.78 is 165. The molecule has 1 unspecified atom stereocenters. The zero-order valence-corrected chi connectivity index (χ0v) is 26.3. The first kappa shape index (κ1) is 36.6. The molecule has 272 valence electrons. The second-order valence-electron chi connectivity index (χ2n) is 12.4. The first-order chi connectivity index (χ1) is 24.1. The summed E-state index contributed by atoms with van der Waals surface area (Å²) in [5.41, 5.74) is -6.87. The van der Waals surface area contributed by atoms with Crippen LogP contribution in [0.4, 0.5) is 52.7 Å². The highest BCUT2D eigenvalue weighted by Gasteiger charge is 2.41. The van der Waals surface area contributed by atoms with Gasteiger partial charge < -0.3 is 10.2 Å². The van der Waals surface area contributed by atoms with Crippen LogP contribution in [0, 0.1) is 5.92 Å². The lowest BCUT2D eigenvalue weighted by molar-refractivity contribution is -0.145. The summed E-state index contributed by atoms with van der Waals surface area (Å²) in [7, 11) is 0. The Balaban J connectivity index is 1.54. The summed E-state index contributed by atoms with van der Waals surface area (Å²) in [6.45, 7) is 0. The molecule has 0 aliphatic heterocycles. The Kier molecular flexibility index (Phi) is 9.03. The van der Waals surface area contributed by atoms with Gasteiger partial charge in [0.15, 0.2) is 0 Å². The van der Waals surface area contributed by atoms with Gasteiger partial charge in [-0.1, -0.05) is 60.7 Å². The topological polar surface area (TPSA) is 40.5 Å². The number of hydrogen-bond donors (Lipinski definition) is 2. The van der Waals surface area contributed by atoms with E-state index < -0.39 is 88.4 Å². The van der Waals surface area contributed by atoms with Crippen LogP contribution in [0.1, 0.15) is 55.6 Å². The SMILES string of the molecule is OC1=C(c2c(O)c(Cc3ccc(C(F)(F)F)cc3C(F)(F)F)cc3ccccc23)c2ccccc2CC1Cc1ccc(C(F)(F)F)cc1C(F)(F)F. The van der Waals surface area contributed by atoms with Gasteiger partial charge in [0.25, 0.3) is 0 Å². The van der Waals surface area contributed by atoms with Gasteiger partial charge in [0.1, 0.15) is 11.5 Å². The van der Waals surface area contributed by atoms with E-state index in [1.54, 1.807) is 42.5 Å². The summed E-state index contributed by atoms with van der Waals surface area (Å²) in [5, 5.41) is 24.2. The fourth-order valence-electron chi connectivity index (χ4n) is 6.70. The van der Waals surface area contributed by atoms with Gasteiger partial charge in [-0.3, -0.25) is 0 Å². The fourth-order valence-corrected chi connectivity index (χ4v) is 6.70. The molecule has 0 bridgehead atoms. The van der Waals surface area contributed by atoms with E-state index in [0.29, 0.717) is 40.8 Å². The average molecular weight is 741 g/mol. The average Bonchev–Trinajstić information content (AvgIpc) is 3.04. The molecule has 5 aromatic rings. The largest absolute Gasteiger partial charge is 0.511 e. The number of alkyl halides is 12. The predicted molar refractivity (Wildman–Crippen MR) is 167 cm³/mol. The van der Waals surface area contributed by atoms with Crippen LogP contribution in [-0.2, 0) is 44.0 Å². The van der Waals surface area contributed by atoms with Gasteiger partial charge in [0.2, 0.25) is 0 Å². The Morgan fingerprint density at radius 3 is 1.69 bits per heavy atom. The van der Waals surface area contributed by atoms with E-state index in [0.717, 1.165) is 0 Å². The number of phenolic OH excluding ortho intramolecular Hbond substituents is 1. The summed E-state index contributed by atoms with van der Waals surface area (Å²) in [6.07, 6.45) is -21.9. The third-order valence-corrected chi connectivity index (χ3v) is 9.08. The second-order valence-corrected chi connectivity index (χ2v) is 12.4. The number of halogens is 12. The van der Waals surface area contributed by atoms with Crippen LogP contribution in [-0.4, -0.2) is 10.2 Å². The number of aliphatic hydroxyl groups excluding tert-OH is 1. The van der Waals surface area contributed by atoms with Crippen molar-refractivity contribution in [3.05, 3.63) is 152 Å². The van der Waals surface area contributed by atoms with Crippen molar-refractivity contribution in [3.63, 3.8) is 0 Å². The molecular formula is C38H24F12O2. The van der Waals surface area contributed by atoms with E-state index in [1.807, 2.05) is 0 Å². The standard InChI is InChI=1S/C38H24F12O2/c39-35(40,41)25-11-9-21(29(17-25)37(45,46)47)15-23-13-19-5-1-3-7-27(19)31(33(23)51)32-28-8-4-2-6-20(28)14-24(34(32)52)16-22-10-12-26(36(42,43)44)18-30(22)38(48,49)50/h1-13,17-18,24,51-52H,14-16H2. The van der Waals surface area contributed by atoms with Crippen molar-refractivity contribution in [3.8, 4) is 5.75 Å². The van der Waals surface area contributed by atoms with Crippen LogP contribution < -0.4 is 0 Å². The minimum Gasteiger partial charge on any atom is -0.511 e. The van der Waals surface area contributed by atoms with Crippen LogP contribution in [0.2, 0.25) is 0 Å². The van der Waals surface area contributed by atoms with Crippen LogP contribution in [0.3, 0.4) is 0 Å². The molecule has 52 heavy (non-hydrogen) atoms. The maximum absolute atomic E-state index is 14.1. The van der Waals surface area contributed by atoms with Crippen molar-refractivity contribution in [1.29, 1.82) is 0 Å². The lowest BCUT2D eigenvalue weighted by Crippen LogP contribution is -2.22. The highest BCUT2D eigenvalue weighted by molar-refractivity contribution is 6.02. The molecule has 6 rings (SSSR count). The maximum Gasteiger partial charge on any atom is 0.416 e. The molecular weight excluding hydrogens is 716 g/mol. The van der Waals surface area contributed by atoms with Crippen LogP contribution in [0.25, 0.3) is 16.3 Å². The quantitative estimate of drug-likeness (QED) is 0.176. The number of aliphatic hydroxyl groups is 1. The molecule has 0 saturated heterocycles. The van der Waals surface area contributed by atoms with Gasteiger partial charge in [0, 0.05) is 23.5 Å². The third kappa shape index (κ3) is 7.02. The lowest BCUT2D eigenvalue weighted by Gasteiger charge is -2.30. The molecule has 5 aromatic carbocycles. The van der Waals surface area contributed by atoms with Gasteiger partial charge >= 0.3 is 24.7 Å². The van der Waals surface area contributed by atoms with E-state index in [4.69, 9.17) is 0 Å². The molecule has 14 heteroatoms. The molecule has 0 spiro atoms. The fraction of sp³-hybridized carbons (Fsp3) is 0.211. The van der Waals surface area contributed by atoms with Gasteiger partial charge in [-0.15, -0.1) is 0 Å². The number of fused-ring (bicyclic) bond motifs is 2. The number of hydrogen-bond acceptors (Lipinski definition) is 2. The Bertz CT molecular complexity index is 2210. The number of aromatic hydroxyl groups is 1. The summed E-state index contributed by atoms with van der Waals surface area (Å²) in [5.74, 6) is -2.35. The number of allylic oxidation sites excluding steroid dienone is 1. The molecule has 0 saturated carbocycles. The predicted octanol–water partition coefficient (Wildman–Crippen LogP) is 11.9.